The summed E-state index contributed by atoms with van der Waals surface area (Å²) in [5, 5.41) is 2.31. The number of fused-ring (bicyclic) bond motifs is 1. The molecule has 1 amide bonds. The normalized spacial score (nSPS) is 11.0. The van der Waals surface area contributed by atoms with Crippen LogP contribution in [0, 0.1) is 0 Å². The second kappa shape index (κ2) is 9.09. The van der Waals surface area contributed by atoms with Crippen LogP contribution in [0.4, 0.5) is 0 Å². The number of ether oxygens (including phenoxy) is 2. The number of rotatable bonds is 7. The molecule has 0 saturated carbocycles. The largest absolute Gasteiger partial charge is 0.493 e. The molecule has 4 heteroatoms. The third kappa shape index (κ3) is 4.52. The zero-order valence-corrected chi connectivity index (χ0v) is 16.5. The number of methoxy groups -OCH3 is 2. The van der Waals surface area contributed by atoms with Gasteiger partial charge in [-0.05, 0) is 46.5 Å². The van der Waals surface area contributed by atoms with E-state index in [4.69, 9.17) is 9.47 Å². The lowest BCUT2D eigenvalue weighted by atomic mass is 10.0. The van der Waals surface area contributed by atoms with Gasteiger partial charge in [0, 0.05) is 19.7 Å². The van der Waals surface area contributed by atoms with Gasteiger partial charge in [-0.1, -0.05) is 48.5 Å². The fourth-order valence-corrected chi connectivity index (χ4v) is 3.13. The lowest BCUT2D eigenvalue weighted by Crippen LogP contribution is -2.27. The molecule has 4 nitrogen and oxygen atoms in total. The molecule has 3 rings (SSSR count). The molecule has 144 valence electrons. The molecule has 0 aliphatic heterocycles. The monoisotopic (exact) mass is 375 g/mol. The highest BCUT2D eigenvalue weighted by atomic mass is 16.5. The van der Waals surface area contributed by atoms with E-state index in [-0.39, 0.29) is 5.91 Å². The Balaban J connectivity index is 1.64. The minimum Gasteiger partial charge on any atom is -0.493 e. The molecule has 0 aromatic heterocycles. The van der Waals surface area contributed by atoms with Crippen molar-refractivity contribution in [1.82, 2.24) is 4.90 Å². The lowest BCUT2D eigenvalue weighted by Gasteiger charge is -2.16. The highest BCUT2D eigenvalue weighted by molar-refractivity contribution is 5.96. The van der Waals surface area contributed by atoms with Gasteiger partial charge in [-0.15, -0.1) is 0 Å². The predicted molar refractivity (Wildman–Crippen MR) is 114 cm³/mol. The van der Waals surface area contributed by atoms with Crippen molar-refractivity contribution in [3.8, 4) is 11.5 Å². The highest BCUT2D eigenvalue weighted by Crippen LogP contribution is 2.27. The molecule has 0 N–H and O–H groups in total. The van der Waals surface area contributed by atoms with Crippen molar-refractivity contribution >= 4 is 22.8 Å². The first-order valence-corrected chi connectivity index (χ1v) is 9.24. The van der Waals surface area contributed by atoms with Gasteiger partial charge in [0.25, 0.3) is 0 Å². The van der Waals surface area contributed by atoms with Gasteiger partial charge in [0.1, 0.15) is 0 Å². The average molecular weight is 375 g/mol. The molecule has 0 saturated heterocycles. The predicted octanol–water partition coefficient (Wildman–Crippen LogP) is 4.57. The fraction of sp³-hybridized carbons (Fsp3) is 0.208. The van der Waals surface area contributed by atoms with Gasteiger partial charge in [0.05, 0.1) is 14.2 Å². The molecule has 0 spiro atoms. The molecule has 0 aliphatic carbocycles. The van der Waals surface area contributed by atoms with Crippen LogP contribution in [0.2, 0.25) is 0 Å². The smallest absolute Gasteiger partial charge is 0.246 e. The molecule has 0 radical (unpaired) electrons. The molecule has 0 aliphatic rings. The van der Waals surface area contributed by atoms with E-state index in [9.17, 15) is 4.79 Å². The van der Waals surface area contributed by atoms with Crippen LogP contribution in [0.3, 0.4) is 0 Å². The number of nitrogens with zero attached hydrogens (tertiary/aromatic N) is 1. The Morgan fingerprint density at radius 1 is 0.964 bits per heavy atom. The maximum absolute atomic E-state index is 12.5. The Morgan fingerprint density at radius 2 is 1.71 bits per heavy atom. The van der Waals surface area contributed by atoms with E-state index in [1.165, 1.54) is 5.39 Å². The SMILES string of the molecule is COc1ccc(CCN(C)C(=O)/C=C/c2cccc3ccccc23)cc1OC. The van der Waals surface area contributed by atoms with Crippen molar-refractivity contribution in [3.63, 3.8) is 0 Å². The molecular weight excluding hydrogens is 350 g/mol. The molecule has 28 heavy (non-hydrogen) atoms. The number of hydrogen-bond acceptors (Lipinski definition) is 3. The van der Waals surface area contributed by atoms with Crippen molar-refractivity contribution < 1.29 is 14.3 Å². The Morgan fingerprint density at radius 3 is 2.50 bits per heavy atom. The molecule has 0 atom stereocenters. The Labute approximate surface area is 166 Å². The van der Waals surface area contributed by atoms with E-state index in [1.54, 1.807) is 25.2 Å². The summed E-state index contributed by atoms with van der Waals surface area (Å²) >= 11 is 0. The number of carbonyl (C=O) groups is 1. The second-order valence-corrected chi connectivity index (χ2v) is 6.60. The van der Waals surface area contributed by atoms with E-state index in [0.29, 0.717) is 18.0 Å². The van der Waals surface area contributed by atoms with Crippen molar-refractivity contribution in [3.05, 3.63) is 77.9 Å². The van der Waals surface area contributed by atoms with Gasteiger partial charge < -0.3 is 14.4 Å². The van der Waals surface area contributed by atoms with Crippen LogP contribution in [0.1, 0.15) is 11.1 Å². The summed E-state index contributed by atoms with van der Waals surface area (Å²) in [7, 11) is 5.05. The Kier molecular flexibility index (Phi) is 6.33. The zero-order chi connectivity index (χ0) is 19.9. The summed E-state index contributed by atoms with van der Waals surface area (Å²) in [5.74, 6) is 1.38. The molecule has 0 fully saturated rings. The van der Waals surface area contributed by atoms with E-state index >= 15 is 0 Å². The van der Waals surface area contributed by atoms with Crippen LogP contribution in [-0.4, -0.2) is 38.6 Å². The molecule has 0 bridgehead atoms. The third-order valence-corrected chi connectivity index (χ3v) is 4.79. The number of carbonyl (C=O) groups excluding carboxylic acids is 1. The summed E-state index contributed by atoms with van der Waals surface area (Å²) in [6.45, 7) is 0.619. The Hall–Kier alpha value is -3.27. The van der Waals surface area contributed by atoms with Crippen LogP contribution in [0.15, 0.2) is 66.7 Å². The van der Waals surface area contributed by atoms with Crippen molar-refractivity contribution in [2.45, 2.75) is 6.42 Å². The number of benzene rings is 3. The van der Waals surface area contributed by atoms with Gasteiger partial charge in [0.2, 0.25) is 5.91 Å². The minimum atomic E-state index is -0.0200. The summed E-state index contributed by atoms with van der Waals surface area (Å²) in [6.07, 6.45) is 4.26. The average Bonchev–Trinajstić information content (AvgIpc) is 2.75. The first-order chi connectivity index (χ1) is 13.6. The Bertz CT molecular complexity index is 989. The van der Waals surface area contributed by atoms with E-state index < -0.39 is 0 Å². The van der Waals surface area contributed by atoms with Gasteiger partial charge in [-0.3, -0.25) is 4.79 Å². The molecular formula is C24H25NO3. The van der Waals surface area contributed by atoms with E-state index in [0.717, 1.165) is 22.9 Å². The van der Waals surface area contributed by atoms with Crippen LogP contribution in [-0.2, 0) is 11.2 Å². The molecule has 0 heterocycles. The zero-order valence-electron chi connectivity index (χ0n) is 16.5. The molecule has 3 aromatic carbocycles. The maximum Gasteiger partial charge on any atom is 0.246 e. The van der Waals surface area contributed by atoms with E-state index in [2.05, 4.69) is 18.2 Å². The first kappa shape index (κ1) is 19.5. The maximum atomic E-state index is 12.5. The van der Waals surface area contributed by atoms with Crippen molar-refractivity contribution in [2.75, 3.05) is 27.8 Å². The lowest BCUT2D eigenvalue weighted by molar-refractivity contribution is -0.124. The van der Waals surface area contributed by atoms with Crippen molar-refractivity contribution in [1.29, 1.82) is 0 Å². The van der Waals surface area contributed by atoms with Crippen LogP contribution >= 0.6 is 0 Å². The topological polar surface area (TPSA) is 38.8 Å². The van der Waals surface area contributed by atoms with Crippen LogP contribution in [0.5, 0.6) is 11.5 Å². The van der Waals surface area contributed by atoms with Gasteiger partial charge >= 0.3 is 0 Å². The second-order valence-electron chi connectivity index (χ2n) is 6.60. The van der Waals surface area contributed by atoms with Crippen LogP contribution < -0.4 is 9.47 Å². The van der Waals surface area contributed by atoms with Gasteiger partial charge in [0.15, 0.2) is 11.5 Å². The number of hydrogen-bond donors (Lipinski definition) is 0. The quantitative estimate of drug-likeness (QED) is 0.568. The van der Waals surface area contributed by atoms with E-state index in [1.807, 2.05) is 55.6 Å². The standard InChI is InChI=1S/C24H25NO3/c1-25(16-15-18-11-13-22(27-2)23(17-18)28-3)24(26)14-12-20-9-6-8-19-7-4-5-10-21(19)20/h4-14,17H,15-16H2,1-3H3/b14-12+. The summed E-state index contributed by atoms with van der Waals surface area (Å²) < 4.78 is 10.6. The summed E-state index contributed by atoms with van der Waals surface area (Å²) in [6, 6.07) is 20.1. The molecule has 3 aromatic rings. The summed E-state index contributed by atoms with van der Waals surface area (Å²) in [5.41, 5.74) is 2.13. The fourth-order valence-electron chi connectivity index (χ4n) is 3.13. The van der Waals surface area contributed by atoms with Gasteiger partial charge in [-0.2, -0.15) is 0 Å². The highest BCUT2D eigenvalue weighted by Gasteiger charge is 2.08. The first-order valence-electron chi connectivity index (χ1n) is 9.24. The van der Waals surface area contributed by atoms with Crippen molar-refractivity contribution in [2.24, 2.45) is 0 Å². The third-order valence-electron chi connectivity index (χ3n) is 4.79. The number of likely N-dealkylation sites (N-methyl/N-ethyl adjacent to an activating group) is 1. The van der Waals surface area contributed by atoms with Crippen LogP contribution in [0.25, 0.3) is 16.8 Å². The minimum absolute atomic E-state index is 0.0200. The molecule has 0 unspecified atom stereocenters. The summed E-state index contributed by atoms with van der Waals surface area (Å²) in [4.78, 5) is 14.2. The van der Waals surface area contributed by atoms with Gasteiger partial charge in [-0.25, -0.2) is 0 Å². The number of amides is 1.